The maximum atomic E-state index is 12.2. The van der Waals surface area contributed by atoms with Crippen molar-refractivity contribution in [2.45, 2.75) is 13.8 Å². The Morgan fingerprint density at radius 3 is 2.27 bits per heavy atom. The highest BCUT2D eigenvalue weighted by atomic mass is 16.2. The predicted molar refractivity (Wildman–Crippen MR) is 61.8 cm³/mol. The number of amides is 1. The van der Waals surface area contributed by atoms with Crippen molar-refractivity contribution in [1.29, 1.82) is 0 Å². The average molecular weight is 213 g/mol. The third-order valence-electron chi connectivity index (χ3n) is 2.99. The van der Waals surface area contributed by atoms with E-state index in [1.165, 1.54) is 0 Å². The Morgan fingerprint density at radius 1 is 1.27 bits per heavy atom. The smallest absolute Gasteiger partial charge is 0.229 e. The van der Waals surface area contributed by atoms with Crippen LogP contribution in [-0.4, -0.2) is 62.5 Å². The molecule has 1 N–H and O–H groups in total. The molecular weight excluding hydrogens is 190 g/mol. The van der Waals surface area contributed by atoms with Gasteiger partial charge in [-0.05, 0) is 27.9 Å². The van der Waals surface area contributed by atoms with Gasteiger partial charge < -0.3 is 15.1 Å². The Hall–Kier alpha value is -0.610. The highest BCUT2D eigenvalue weighted by Crippen LogP contribution is 2.18. The molecule has 1 aliphatic rings. The fourth-order valence-corrected chi connectivity index (χ4v) is 1.96. The summed E-state index contributed by atoms with van der Waals surface area (Å²) in [5, 5.41) is 3.08. The van der Waals surface area contributed by atoms with E-state index >= 15 is 0 Å². The number of rotatable bonds is 3. The lowest BCUT2D eigenvalue weighted by Gasteiger charge is -2.37. The fraction of sp³-hybridized carbons (Fsp3) is 0.909. The summed E-state index contributed by atoms with van der Waals surface area (Å²) in [5.74, 6) is 0.268. The van der Waals surface area contributed by atoms with Gasteiger partial charge in [-0.25, -0.2) is 0 Å². The minimum atomic E-state index is -0.287. The van der Waals surface area contributed by atoms with Crippen LogP contribution in [0.5, 0.6) is 0 Å². The number of likely N-dealkylation sites (N-methyl/N-ethyl adjacent to an activating group) is 1. The second kappa shape index (κ2) is 4.94. The van der Waals surface area contributed by atoms with Crippen molar-refractivity contribution in [3.8, 4) is 0 Å². The maximum absolute atomic E-state index is 12.2. The topological polar surface area (TPSA) is 35.6 Å². The number of nitrogens with one attached hydrogen (secondary N) is 1. The molecule has 0 aromatic rings. The lowest BCUT2D eigenvalue weighted by Crippen LogP contribution is -2.52. The summed E-state index contributed by atoms with van der Waals surface area (Å²) in [7, 11) is 3.99. The first-order valence-electron chi connectivity index (χ1n) is 5.60. The van der Waals surface area contributed by atoms with Crippen LogP contribution in [0.3, 0.4) is 0 Å². The van der Waals surface area contributed by atoms with Gasteiger partial charge in [-0.1, -0.05) is 0 Å². The first-order chi connectivity index (χ1) is 6.97. The van der Waals surface area contributed by atoms with Gasteiger partial charge in [-0.2, -0.15) is 0 Å². The zero-order chi connectivity index (χ0) is 11.5. The van der Waals surface area contributed by atoms with Gasteiger partial charge in [0.15, 0.2) is 0 Å². The largest absolute Gasteiger partial charge is 0.340 e. The second-order valence-corrected chi connectivity index (χ2v) is 5.01. The third kappa shape index (κ3) is 3.18. The number of nitrogens with zero attached hydrogens (tertiary/aromatic N) is 2. The van der Waals surface area contributed by atoms with E-state index in [1.54, 1.807) is 0 Å². The first kappa shape index (κ1) is 12.5. The predicted octanol–water partition coefficient (Wildman–Crippen LogP) is 0.00600. The number of hydrogen-bond donors (Lipinski definition) is 1. The standard InChI is InChI=1S/C11H23N3O/c1-11(2,9-12-3)10(15)14-7-5-13(4)6-8-14/h12H,5-9H2,1-4H3. The van der Waals surface area contributed by atoms with Crippen molar-refractivity contribution in [3.63, 3.8) is 0 Å². The van der Waals surface area contributed by atoms with Crippen LogP contribution in [0.2, 0.25) is 0 Å². The molecule has 15 heavy (non-hydrogen) atoms. The molecule has 88 valence electrons. The number of carbonyl (C=O) groups excluding carboxylic acids is 1. The van der Waals surface area contributed by atoms with Crippen molar-refractivity contribution >= 4 is 5.91 Å². The summed E-state index contributed by atoms with van der Waals surface area (Å²) in [6.07, 6.45) is 0. The normalized spacial score (nSPS) is 19.3. The van der Waals surface area contributed by atoms with Crippen LogP contribution >= 0.6 is 0 Å². The maximum Gasteiger partial charge on any atom is 0.229 e. The molecule has 1 aliphatic heterocycles. The van der Waals surface area contributed by atoms with E-state index in [0.717, 1.165) is 32.7 Å². The molecule has 0 bridgehead atoms. The Morgan fingerprint density at radius 2 is 1.80 bits per heavy atom. The second-order valence-electron chi connectivity index (χ2n) is 5.01. The van der Waals surface area contributed by atoms with Gasteiger partial charge in [0.1, 0.15) is 0 Å². The summed E-state index contributed by atoms with van der Waals surface area (Å²) in [6, 6.07) is 0. The Balaban J connectivity index is 2.53. The van der Waals surface area contributed by atoms with Crippen LogP contribution in [-0.2, 0) is 4.79 Å². The van der Waals surface area contributed by atoms with Crippen molar-refractivity contribution in [2.75, 3.05) is 46.8 Å². The SMILES string of the molecule is CNCC(C)(C)C(=O)N1CCN(C)CC1. The van der Waals surface area contributed by atoms with Crippen molar-refractivity contribution in [2.24, 2.45) is 5.41 Å². The molecule has 0 unspecified atom stereocenters. The van der Waals surface area contributed by atoms with E-state index in [9.17, 15) is 4.79 Å². The summed E-state index contributed by atoms with van der Waals surface area (Å²) >= 11 is 0. The van der Waals surface area contributed by atoms with Crippen LogP contribution in [0.1, 0.15) is 13.8 Å². The van der Waals surface area contributed by atoms with Crippen LogP contribution in [0, 0.1) is 5.41 Å². The van der Waals surface area contributed by atoms with Crippen molar-refractivity contribution < 1.29 is 4.79 Å². The van der Waals surface area contributed by atoms with Crippen LogP contribution in [0.15, 0.2) is 0 Å². The number of carbonyl (C=O) groups is 1. The molecule has 0 aliphatic carbocycles. The molecule has 0 aromatic carbocycles. The zero-order valence-corrected chi connectivity index (χ0v) is 10.3. The summed E-state index contributed by atoms with van der Waals surface area (Å²) < 4.78 is 0. The molecule has 0 spiro atoms. The summed E-state index contributed by atoms with van der Waals surface area (Å²) in [4.78, 5) is 16.4. The minimum Gasteiger partial charge on any atom is -0.340 e. The highest BCUT2D eigenvalue weighted by Gasteiger charge is 2.32. The van der Waals surface area contributed by atoms with E-state index in [2.05, 4.69) is 17.3 Å². The molecule has 0 aromatic heterocycles. The summed E-state index contributed by atoms with van der Waals surface area (Å²) in [6.45, 7) is 8.44. The third-order valence-corrected chi connectivity index (χ3v) is 2.99. The molecule has 1 fully saturated rings. The average Bonchev–Trinajstić information content (AvgIpc) is 2.18. The zero-order valence-electron chi connectivity index (χ0n) is 10.3. The molecule has 0 saturated carbocycles. The Labute approximate surface area is 92.6 Å². The minimum absolute atomic E-state index is 0.268. The summed E-state index contributed by atoms with van der Waals surface area (Å²) in [5.41, 5.74) is -0.287. The van der Waals surface area contributed by atoms with Crippen LogP contribution in [0.25, 0.3) is 0 Å². The van der Waals surface area contributed by atoms with Gasteiger partial charge in [-0.15, -0.1) is 0 Å². The van der Waals surface area contributed by atoms with Gasteiger partial charge >= 0.3 is 0 Å². The van der Waals surface area contributed by atoms with Crippen LogP contribution < -0.4 is 5.32 Å². The van der Waals surface area contributed by atoms with E-state index < -0.39 is 0 Å². The Kier molecular flexibility index (Phi) is 4.11. The molecule has 4 nitrogen and oxygen atoms in total. The van der Waals surface area contributed by atoms with Gasteiger partial charge in [0, 0.05) is 32.7 Å². The van der Waals surface area contributed by atoms with Gasteiger partial charge in [0.25, 0.3) is 0 Å². The molecular formula is C11H23N3O. The molecule has 1 saturated heterocycles. The fourth-order valence-electron chi connectivity index (χ4n) is 1.96. The Bertz CT molecular complexity index is 220. The molecule has 1 rings (SSSR count). The van der Waals surface area contributed by atoms with E-state index in [1.807, 2.05) is 25.8 Å². The molecule has 4 heteroatoms. The van der Waals surface area contributed by atoms with Crippen molar-refractivity contribution in [3.05, 3.63) is 0 Å². The first-order valence-corrected chi connectivity index (χ1v) is 5.60. The molecule has 1 heterocycles. The van der Waals surface area contributed by atoms with E-state index in [-0.39, 0.29) is 11.3 Å². The lowest BCUT2D eigenvalue weighted by molar-refractivity contribution is -0.141. The monoisotopic (exact) mass is 213 g/mol. The number of piperazine rings is 1. The van der Waals surface area contributed by atoms with Gasteiger partial charge in [0.2, 0.25) is 5.91 Å². The van der Waals surface area contributed by atoms with E-state index in [0.29, 0.717) is 0 Å². The van der Waals surface area contributed by atoms with E-state index in [4.69, 9.17) is 0 Å². The van der Waals surface area contributed by atoms with Gasteiger partial charge in [0.05, 0.1) is 5.41 Å². The molecule has 0 radical (unpaired) electrons. The molecule has 0 atom stereocenters. The van der Waals surface area contributed by atoms with Gasteiger partial charge in [-0.3, -0.25) is 4.79 Å². The van der Waals surface area contributed by atoms with Crippen molar-refractivity contribution in [1.82, 2.24) is 15.1 Å². The quantitative estimate of drug-likeness (QED) is 0.717. The lowest BCUT2D eigenvalue weighted by atomic mass is 9.91. The van der Waals surface area contributed by atoms with Crippen LogP contribution in [0.4, 0.5) is 0 Å². The molecule has 1 amide bonds. The highest BCUT2D eigenvalue weighted by molar-refractivity contribution is 5.82. The number of hydrogen-bond acceptors (Lipinski definition) is 3.